The van der Waals surface area contributed by atoms with Gasteiger partial charge < -0.3 is 10.2 Å². The maximum atomic E-state index is 12.8. The van der Waals surface area contributed by atoms with Gasteiger partial charge in [0, 0.05) is 32.1 Å². The van der Waals surface area contributed by atoms with E-state index in [1.54, 1.807) is 24.1 Å². The molecule has 1 N–H and O–H groups in total. The molecule has 0 aliphatic heterocycles. The van der Waals surface area contributed by atoms with Crippen molar-refractivity contribution in [3.05, 3.63) is 40.3 Å². The Kier molecular flexibility index (Phi) is 8.58. The summed E-state index contributed by atoms with van der Waals surface area (Å²) in [5.74, 6) is -0.161. The molecule has 0 saturated carbocycles. The van der Waals surface area contributed by atoms with Gasteiger partial charge in [0.25, 0.3) is 11.5 Å². The van der Waals surface area contributed by atoms with Gasteiger partial charge in [-0.25, -0.2) is 4.68 Å². The molecule has 0 atom stereocenters. The van der Waals surface area contributed by atoms with Crippen LogP contribution in [0.5, 0.6) is 0 Å². The largest absolute Gasteiger partial charge is 0.339 e. The van der Waals surface area contributed by atoms with Gasteiger partial charge in [-0.2, -0.15) is 5.10 Å². The maximum absolute atomic E-state index is 12.8. The zero-order valence-electron chi connectivity index (χ0n) is 15.1. The summed E-state index contributed by atoms with van der Waals surface area (Å²) in [4.78, 5) is 27.0. The van der Waals surface area contributed by atoms with Crippen molar-refractivity contribution in [2.24, 2.45) is 0 Å². The number of halogens is 1. The van der Waals surface area contributed by atoms with E-state index >= 15 is 0 Å². The summed E-state index contributed by atoms with van der Waals surface area (Å²) >= 11 is 0. The fourth-order valence-corrected chi connectivity index (χ4v) is 2.62. The van der Waals surface area contributed by atoms with Gasteiger partial charge in [-0.1, -0.05) is 38.0 Å². The first-order valence-electron chi connectivity index (χ1n) is 8.50. The van der Waals surface area contributed by atoms with Crippen molar-refractivity contribution in [1.29, 1.82) is 0 Å². The number of amides is 1. The Balaban J connectivity index is 0.00000312. The average Bonchev–Trinajstić information content (AvgIpc) is 2.61. The zero-order chi connectivity index (χ0) is 17.5. The highest BCUT2D eigenvalue weighted by atomic mass is 35.5. The third-order valence-corrected chi connectivity index (χ3v) is 4.09. The van der Waals surface area contributed by atoms with Gasteiger partial charge in [0.05, 0.1) is 5.39 Å². The Bertz CT molecular complexity index is 760. The molecule has 2 aromatic rings. The first-order chi connectivity index (χ1) is 11.6. The quantitative estimate of drug-likeness (QED) is 0.728. The van der Waals surface area contributed by atoms with Crippen LogP contribution in [0, 0.1) is 0 Å². The van der Waals surface area contributed by atoms with Gasteiger partial charge in [-0.3, -0.25) is 9.59 Å². The van der Waals surface area contributed by atoms with Crippen LogP contribution in [-0.4, -0.2) is 47.8 Å². The molecule has 1 aromatic heterocycles. The fourth-order valence-electron chi connectivity index (χ4n) is 2.62. The summed E-state index contributed by atoms with van der Waals surface area (Å²) in [6, 6.07) is 7.20. The molecule has 0 bridgehead atoms. The second-order valence-corrected chi connectivity index (χ2v) is 5.96. The molecule has 2 rings (SSSR count). The molecule has 138 valence electrons. The molecule has 1 amide bonds. The minimum absolute atomic E-state index is 0. The fraction of sp³-hybridized carbons (Fsp3) is 0.500. The van der Waals surface area contributed by atoms with Gasteiger partial charge in [0.1, 0.15) is 0 Å². The van der Waals surface area contributed by atoms with Gasteiger partial charge in [-0.05, 0) is 19.5 Å². The Morgan fingerprint density at radius 3 is 2.56 bits per heavy atom. The Labute approximate surface area is 154 Å². The number of aromatic nitrogens is 2. The minimum Gasteiger partial charge on any atom is -0.339 e. The van der Waals surface area contributed by atoms with E-state index in [1.165, 1.54) is 4.68 Å². The summed E-state index contributed by atoms with van der Waals surface area (Å²) in [7, 11) is 3.60. The first-order valence-corrected chi connectivity index (χ1v) is 8.50. The lowest BCUT2D eigenvalue weighted by Crippen LogP contribution is -2.35. The van der Waals surface area contributed by atoms with Crippen LogP contribution in [0.4, 0.5) is 0 Å². The number of carbonyl (C=O) groups is 1. The van der Waals surface area contributed by atoms with E-state index in [0.717, 1.165) is 19.3 Å². The second kappa shape index (κ2) is 10.2. The number of aryl methyl sites for hydroxylation is 1. The van der Waals surface area contributed by atoms with Gasteiger partial charge in [0.15, 0.2) is 5.69 Å². The van der Waals surface area contributed by atoms with Gasteiger partial charge in [-0.15, -0.1) is 12.4 Å². The van der Waals surface area contributed by atoms with E-state index in [-0.39, 0.29) is 23.9 Å². The van der Waals surface area contributed by atoms with Crippen LogP contribution in [0.25, 0.3) is 10.8 Å². The van der Waals surface area contributed by atoms with Crippen molar-refractivity contribution in [3.8, 4) is 0 Å². The van der Waals surface area contributed by atoms with Crippen molar-refractivity contribution in [1.82, 2.24) is 20.0 Å². The molecule has 6 nitrogen and oxygen atoms in total. The summed E-state index contributed by atoms with van der Waals surface area (Å²) in [5, 5.41) is 8.59. The number of benzene rings is 1. The predicted octanol–water partition coefficient (Wildman–Crippen LogP) is 2.30. The highest BCUT2D eigenvalue weighted by Gasteiger charge is 2.19. The van der Waals surface area contributed by atoms with Crippen LogP contribution < -0.4 is 10.9 Å². The molecule has 1 aromatic carbocycles. The van der Waals surface area contributed by atoms with Crippen molar-refractivity contribution < 1.29 is 4.79 Å². The lowest BCUT2D eigenvalue weighted by molar-refractivity contribution is 0.0790. The Morgan fingerprint density at radius 1 is 1.24 bits per heavy atom. The molecule has 0 saturated heterocycles. The van der Waals surface area contributed by atoms with Gasteiger partial charge in [0.2, 0.25) is 0 Å². The van der Waals surface area contributed by atoms with Crippen LogP contribution in [0.2, 0.25) is 0 Å². The standard InChI is InChI=1S/C18H26N4O2.ClH/c1-4-5-8-12-22-17(23)15-10-7-6-9-14(15)16(20-22)18(24)21(3)13-11-19-2;/h6-7,9-10,19H,4-5,8,11-13H2,1-3H3;1H. The number of unbranched alkanes of at least 4 members (excludes halogenated alkanes) is 2. The topological polar surface area (TPSA) is 67.2 Å². The van der Waals surface area contributed by atoms with E-state index in [2.05, 4.69) is 17.3 Å². The highest BCUT2D eigenvalue weighted by Crippen LogP contribution is 2.15. The molecule has 7 heteroatoms. The van der Waals surface area contributed by atoms with Crippen LogP contribution in [0.1, 0.15) is 36.7 Å². The number of nitrogens with zero attached hydrogens (tertiary/aromatic N) is 3. The Hall–Kier alpha value is -1.92. The highest BCUT2D eigenvalue weighted by molar-refractivity contribution is 6.04. The minimum atomic E-state index is -0.161. The molecule has 25 heavy (non-hydrogen) atoms. The van der Waals surface area contributed by atoms with Crippen LogP contribution >= 0.6 is 12.4 Å². The molecular weight excluding hydrogens is 340 g/mol. The molecule has 0 aliphatic carbocycles. The molecule has 0 aliphatic rings. The van der Waals surface area contributed by atoms with Gasteiger partial charge >= 0.3 is 0 Å². The molecule has 0 unspecified atom stereocenters. The van der Waals surface area contributed by atoms with E-state index in [0.29, 0.717) is 36.1 Å². The third-order valence-electron chi connectivity index (χ3n) is 4.09. The first kappa shape index (κ1) is 21.1. The number of nitrogens with one attached hydrogen (secondary N) is 1. The van der Waals surface area contributed by atoms with E-state index in [4.69, 9.17) is 0 Å². The molecule has 1 heterocycles. The van der Waals surface area contributed by atoms with Crippen LogP contribution in [-0.2, 0) is 6.54 Å². The SMILES string of the molecule is CCCCCn1nc(C(=O)N(C)CCNC)c2ccccc2c1=O.Cl. The summed E-state index contributed by atoms with van der Waals surface area (Å²) in [5.41, 5.74) is 0.219. The number of rotatable bonds is 8. The number of hydrogen-bond donors (Lipinski definition) is 1. The van der Waals surface area contributed by atoms with Crippen molar-refractivity contribution in [2.75, 3.05) is 27.2 Å². The summed E-state index contributed by atoms with van der Waals surface area (Å²) in [6.07, 6.45) is 2.98. The third kappa shape index (κ3) is 5.03. The maximum Gasteiger partial charge on any atom is 0.274 e. The van der Waals surface area contributed by atoms with Crippen molar-refractivity contribution in [2.45, 2.75) is 32.7 Å². The smallest absolute Gasteiger partial charge is 0.274 e. The van der Waals surface area contributed by atoms with E-state index < -0.39 is 0 Å². The molecule has 0 fully saturated rings. The molecule has 0 spiro atoms. The van der Waals surface area contributed by atoms with Crippen LogP contribution in [0.15, 0.2) is 29.1 Å². The molecular formula is C18H27ClN4O2. The number of fused-ring (bicyclic) bond motifs is 1. The number of carbonyl (C=O) groups excluding carboxylic acids is 1. The predicted molar refractivity (Wildman–Crippen MR) is 104 cm³/mol. The van der Waals surface area contributed by atoms with E-state index in [9.17, 15) is 9.59 Å². The summed E-state index contributed by atoms with van der Waals surface area (Å²) in [6.45, 7) is 3.94. The van der Waals surface area contributed by atoms with Crippen molar-refractivity contribution >= 4 is 29.1 Å². The number of hydrogen-bond acceptors (Lipinski definition) is 4. The Morgan fingerprint density at radius 2 is 1.92 bits per heavy atom. The normalized spacial score (nSPS) is 10.5. The molecule has 0 radical (unpaired) electrons. The lowest BCUT2D eigenvalue weighted by Gasteiger charge is -2.18. The monoisotopic (exact) mass is 366 g/mol. The van der Waals surface area contributed by atoms with E-state index in [1.807, 2.05) is 19.2 Å². The summed E-state index contributed by atoms with van der Waals surface area (Å²) < 4.78 is 1.44. The second-order valence-electron chi connectivity index (χ2n) is 5.96. The average molecular weight is 367 g/mol. The van der Waals surface area contributed by atoms with Crippen LogP contribution in [0.3, 0.4) is 0 Å². The number of likely N-dealkylation sites (N-methyl/N-ethyl adjacent to an activating group) is 2. The lowest BCUT2D eigenvalue weighted by atomic mass is 10.1. The zero-order valence-corrected chi connectivity index (χ0v) is 15.9. The van der Waals surface area contributed by atoms with Crippen molar-refractivity contribution in [3.63, 3.8) is 0 Å².